The Kier molecular flexibility index (Phi) is 6.37. The summed E-state index contributed by atoms with van der Waals surface area (Å²) in [6, 6.07) is 72.9. The van der Waals surface area contributed by atoms with Crippen molar-refractivity contribution in [3.63, 3.8) is 0 Å². The number of nitrogens with zero attached hydrogens (tertiary/aromatic N) is 1. The minimum Gasteiger partial charge on any atom is -0.456 e. The average Bonchev–Trinajstić information content (AvgIpc) is 3.97. The first-order valence-electron chi connectivity index (χ1n) is 23.4. The van der Waals surface area contributed by atoms with Crippen LogP contribution in [0, 0.1) is 0 Å². The molecule has 0 unspecified atom stereocenters. The Hall–Kier alpha value is -7.20. The van der Waals surface area contributed by atoms with E-state index in [1.54, 1.807) is 18.2 Å². The summed E-state index contributed by atoms with van der Waals surface area (Å²) in [5.41, 5.74) is 8.06. The van der Waals surface area contributed by atoms with E-state index in [1.165, 1.54) is 31.9 Å². The van der Waals surface area contributed by atoms with Crippen LogP contribution in [-0.2, 0) is 5.41 Å². The SMILES string of the molecule is [2H]C([2H])([2H])C1(C([2H])([2H])[2H])c2ccccc2-c2ccc(N(c3ccc(-c4cccc([Si]5(c6ccccc6)c6ccccc6-c6ccccc65)c4)cc3)c3ccc4oc5ccccc5c4c3)cc21. The van der Waals surface area contributed by atoms with Crippen molar-refractivity contribution in [3.05, 3.63) is 223 Å². The minimum atomic E-state index is -2.89. The molecule has 0 fully saturated rings. The van der Waals surface area contributed by atoms with Gasteiger partial charge >= 0.3 is 0 Å². The lowest BCUT2D eigenvalue weighted by Crippen LogP contribution is -2.72. The van der Waals surface area contributed by atoms with Crippen LogP contribution in [0.4, 0.5) is 17.1 Å². The minimum absolute atomic E-state index is 0.265. The molecule has 284 valence electrons. The summed E-state index contributed by atoms with van der Waals surface area (Å²) in [5.74, 6) is 0. The molecule has 9 aromatic carbocycles. The highest BCUT2D eigenvalue weighted by Crippen LogP contribution is 2.51. The fraction of sp³-hybridized carbons (Fsp3) is 0.0526. The number of para-hydroxylation sites is 1. The fourth-order valence-corrected chi connectivity index (χ4v) is 15.4. The van der Waals surface area contributed by atoms with Crippen LogP contribution in [-0.4, -0.2) is 8.07 Å². The summed E-state index contributed by atoms with van der Waals surface area (Å²) in [6.45, 7) is -5.78. The maximum absolute atomic E-state index is 8.91. The highest BCUT2D eigenvalue weighted by atomic mass is 28.3. The van der Waals surface area contributed by atoms with Crippen LogP contribution < -0.4 is 25.6 Å². The van der Waals surface area contributed by atoms with E-state index < -0.39 is 27.2 Å². The maximum atomic E-state index is 8.91. The van der Waals surface area contributed by atoms with Crippen LogP contribution in [0.25, 0.3) is 55.3 Å². The van der Waals surface area contributed by atoms with Crippen LogP contribution in [0.2, 0.25) is 0 Å². The Morgan fingerprint density at radius 3 is 1.80 bits per heavy atom. The lowest BCUT2D eigenvalue weighted by Gasteiger charge is -2.31. The van der Waals surface area contributed by atoms with Crippen molar-refractivity contribution in [1.82, 2.24) is 0 Å². The van der Waals surface area contributed by atoms with Crippen LogP contribution in [0.5, 0.6) is 0 Å². The van der Waals surface area contributed by atoms with Gasteiger partial charge in [-0.1, -0.05) is 177 Å². The maximum Gasteiger partial charge on any atom is 0.180 e. The highest BCUT2D eigenvalue weighted by Gasteiger charge is 2.48. The molecule has 1 aliphatic carbocycles. The Balaban J connectivity index is 1.03. The van der Waals surface area contributed by atoms with Crippen molar-refractivity contribution in [3.8, 4) is 33.4 Å². The number of rotatable bonds is 6. The molecule has 1 aliphatic heterocycles. The molecule has 0 radical (unpaired) electrons. The van der Waals surface area contributed by atoms with Gasteiger partial charge in [-0.05, 0) is 114 Å². The molecule has 0 atom stereocenters. The number of benzene rings is 9. The monoisotopic (exact) mass is 789 g/mol. The predicted octanol–water partition coefficient (Wildman–Crippen LogP) is 12.4. The van der Waals surface area contributed by atoms with Crippen molar-refractivity contribution < 1.29 is 12.6 Å². The van der Waals surface area contributed by atoms with Crippen LogP contribution in [0.15, 0.2) is 217 Å². The van der Waals surface area contributed by atoms with Gasteiger partial charge in [0, 0.05) is 41.5 Å². The third-order valence-electron chi connectivity index (χ3n) is 12.8. The zero-order valence-electron chi connectivity index (χ0n) is 38.6. The van der Waals surface area contributed by atoms with E-state index in [1.807, 2.05) is 60.7 Å². The molecule has 60 heavy (non-hydrogen) atoms. The predicted molar refractivity (Wildman–Crippen MR) is 254 cm³/mol. The Labute approximate surface area is 360 Å². The third kappa shape index (κ3) is 5.00. The van der Waals surface area contributed by atoms with E-state index in [4.69, 9.17) is 12.6 Å². The normalized spacial score (nSPS) is 16.0. The zero-order valence-corrected chi connectivity index (χ0v) is 33.6. The van der Waals surface area contributed by atoms with E-state index in [9.17, 15) is 0 Å². The van der Waals surface area contributed by atoms with Gasteiger partial charge in [0.05, 0.1) is 0 Å². The van der Waals surface area contributed by atoms with Crippen molar-refractivity contribution in [2.75, 3.05) is 4.90 Å². The van der Waals surface area contributed by atoms with Crippen molar-refractivity contribution in [1.29, 1.82) is 0 Å². The molecule has 1 aromatic heterocycles. The molecule has 12 rings (SSSR count). The van der Waals surface area contributed by atoms with Crippen LogP contribution in [0.1, 0.15) is 33.1 Å². The molecule has 0 amide bonds. The van der Waals surface area contributed by atoms with E-state index in [0.29, 0.717) is 22.4 Å². The second-order valence-electron chi connectivity index (χ2n) is 16.0. The summed E-state index contributed by atoms with van der Waals surface area (Å²) in [5, 5.41) is 7.33. The smallest absolute Gasteiger partial charge is 0.180 e. The molecule has 0 saturated carbocycles. The van der Waals surface area contributed by atoms with Crippen LogP contribution in [0.3, 0.4) is 0 Å². The standard InChI is InChI=1S/C57H41NOSi/c1-57(2)51-23-10-6-19-45(51)46-33-31-42(37-52(46)57)58(41-32-34-54-50(36-41)47-20-7-11-24-53(47)59-54)40-29-27-38(28-30-40)39-15-14-18-44(35-39)60(43-16-4-3-5-17-43)55-25-12-8-21-48(55)49-22-9-13-26-56(49)60/h3-37H,1-2H3/i1D3,2D3. The topological polar surface area (TPSA) is 16.4 Å². The molecule has 3 heteroatoms. The van der Waals surface area contributed by atoms with E-state index in [0.717, 1.165) is 44.4 Å². The molecular weight excluding hydrogens is 743 g/mol. The molecular formula is C57H41NOSi. The van der Waals surface area contributed by atoms with E-state index >= 15 is 0 Å². The number of anilines is 3. The van der Waals surface area contributed by atoms with Crippen molar-refractivity contribution in [2.45, 2.75) is 19.1 Å². The third-order valence-corrected chi connectivity index (χ3v) is 17.7. The molecule has 10 aromatic rings. The zero-order chi connectivity index (χ0) is 45.0. The van der Waals surface area contributed by atoms with Crippen molar-refractivity contribution >= 4 is 67.8 Å². The summed E-state index contributed by atoms with van der Waals surface area (Å²) in [6.07, 6.45) is 0. The average molecular weight is 790 g/mol. The van der Waals surface area contributed by atoms with E-state index in [2.05, 4.69) is 138 Å². The van der Waals surface area contributed by atoms with Crippen LogP contribution >= 0.6 is 0 Å². The molecule has 2 aliphatic rings. The molecule has 2 heterocycles. The highest BCUT2D eigenvalue weighted by molar-refractivity contribution is 7.22. The lowest BCUT2D eigenvalue weighted by molar-refractivity contribution is 0.660. The Morgan fingerprint density at radius 1 is 0.417 bits per heavy atom. The second kappa shape index (κ2) is 13.2. The second-order valence-corrected chi connectivity index (χ2v) is 19.7. The van der Waals surface area contributed by atoms with E-state index in [-0.39, 0.29) is 5.56 Å². The van der Waals surface area contributed by atoms with Gasteiger partial charge in [-0.25, -0.2) is 0 Å². The Morgan fingerprint density at radius 2 is 1.02 bits per heavy atom. The number of hydrogen-bond acceptors (Lipinski definition) is 2. The quantitative estimate of drug-likeness (QED) is 0.156. The lowest BCUT2D eigenvalue weighted by atomic mass is 9.82. The number of furan rings is 1. The number of hydrogen-bond donors (Lipinski definition) is 0. The molecule has 0 saturated heterocycles. The molecule has 2 nitrogen and oxygen atoms in total. The first kappa shape index (κ1) is 29.1. The van der Waals surface area contributed by atoms with Gasteiger partial charge < -0.3 is 9.32 Å². The first-order chi connectivity index (χ1) is 32.0. The summed E-state index contributed by atoms with van der Waals surface area (Å²) >= 11 is 0. The number of fused-ring (bicyclic) bond motifs is 9. The van der Waals surface area contributed by atoms with Crippen molar-refractivity contribution in [2.24, 2.45) is 0 Å². The molecule has 0 N–H and O–H groups in total. The van der Waals surface area contributed by atoms with Gasteiger partial charge in [0.1, 0.15) is 11.2 Å². The van der Waals surface area contributed by atoms with Gasteiger partial charge in [0.25, 0.3) is 0 Å². The Bertz CT molecular complexity index is 3480. The van der Waals surface area contributed by atoms with Gasteiger partial charge in [-0.15, -0.1) is 0 Å². The summed E-state index contributed by atoms with van der Waals surface area (Å²) in [7, 11) is -2.71. The van der Waals surface area contributed by atoms with Gasteiger partial charge in [0.15, 0.2) is 8.07 Å². The van der Waals surface area contributed by atoms with Gasteiger partial charge in [-0.2, -0.15) is 0 Å². The summed E-state index contributed by atoms with van der Waals surface area (Å²) < 4.78 is 59.7. The summed E-state index contributed by atoms with van der Waals surface area (Å²) in [4.78, 5) is 2.08. The molecule has 0 bridgehead atoms. The first-order valence-corrected chi connectivity index (χ1v) is 22.4. The molecule has 0 spiro atoms. The van der Waals surface area contributed by atoms with Gasteiger partial charge in [-0.3, -0.25) is 0 Å². The largest absolute Gasteiger partial charge is 0.456 e. The fourth-order valence-electron chi connectivity index (χ4n) is 10.2. The van der Waals surface area contributed by atoms with Gasteiger partial charge in [0.2, 0.25) is 0 Å².